The zero-order valence-electron chi connectivity index (χ0n) is 17.5. The molecule has 1 aromatic carbocycles. The smallest absolute Gasteiger partial charge is 0.274 e. The Balaban J connectivity index is 1.44. The summed E-state index contributed by atoms with van der Waals surface area (Å²) < 4.78 is 6.57. The number of nitrogens with one attached hydrogen (secondary N) is 1. The molecule has 0 spiro atoms. The van der Waals surface area contributed by atoms with Gasteiger partial charge in [0.1, 0.15) is 12.3 Å². The lowest BCUT2D eigenvalue weighted by atomic mass is 9.83. The summed E-state index contributed by atoms with van der Waals surface area (Å²) in [6.45, 7) is 0.427. The Morgan fingerprint density at radius 1 is 1.03 bits per heavy atom. The summed E-state index contributed by atoms with van der Waals surface area (Å²) in [7, 11) is 0. The Morgan fingerprint density at radius 3 is 2.56 bits per heavy atom. The number of carboxylic acids is 1. The van der Waals surface area contributed by atoms with E-state index in [0.29, 0.717) is 19.6 Å². The molecule has 2 aliphatic heterocycles. The first kappa shape index (κ1) is 21.8. The highest BCUT2D eigenvalue weighted by molar-refractivity contribution is 5.92. The minimum absolute atomic E-state index is 0.00522. The highest BCUT2D eigenvalue weighted by Gasteiger charge is 2.36. The lowest BCUT2D eigenvalue weighted by Crippen LogP contribution is -2.50. The van der Waals surface area contributed by atoms with Crippen LogP contribution in [-0.2, 0) is 32.1 Å². The number of carboxylic acid groups (broad SMARTS) is 1. The molecule has 2 atom stereocenters. The molecule has 1 fully saturated rings. The number of pyridine rings is 1. The number of amides is 2. The average molecular weight is 438 g/mol. The maximum Gasteiger partial charge on any atom is 0.274 e. The minimum atomic E-state index is -1.37. The first-order valence-corrected chi connectivity index (χ1v) is 10.5. The maximum atomic E-state index is 13.0. The maximum absolute atomic E-state index is 13.0. The third-order valence-electron chi connectivity index (χ3n) is 5.88. The Bertz CT molecular complexity index is 1080. The van der Waals surface area contributed by atoms with Gasteiger partial charge in [0.05, 0.1) is 19.0 Å². The van der Waals surface area contributed by atoms with Gasteiger partial charge in [-0.1, -0.05) is 30.3 Å². The molecule has 9 heteroatoms. The second-order valence-electron chi connectivity index (χ2n) is 8.26. The van der Waals surface area contributed by atoms with E-state index in [1.165, 1.54) is 0 Å². The van der Waals surface area contributed by atoms with Gasteiger partial charge >= 0.3 is 0 Å². The van der Waals surface area contributed by atoms with Gasteiger partial charge in [0.2, 0.25) is 11.8 Å². The number of hydrogen-bond acceptors (Lipinski definition) is 6. The summed E-state index contributed by atoms with van der Waals surface area (Å²) in [6.07, 6.45) is 1.05. The van der Waals surface area contributed by atoms with Crippen LogP contribution in [0.1, 0.15) is 23.6 Å². The van der Waals surface area contributed by atoms with Gasteiger partial charge in [0.25, 0.3) is 5.56 Å². The number of aliphatic carboxylic acids is 1. The Labute approximate surface area is 184 Å². The molecule has 0 aliphatic carbocycles. The lowest BCUT2D eigenvalue weighted by molar-refractivity contribution is -0.309. The van der Waals surface area contributed by atoms with Gasteiger partial charge < -0.3 is 29.4 Å². The zero-order chi connectivity index (χ0) is 22.7. The van der Waals surface area contributed by atoms with Crippen LogP contribution < -0.4 is 16.0 Å². The first-order valence-electron chi connectivity index (χ1n) is 10.5. The molecular weight excluding hydrogens is 414 g/mol. The SMILES string of the molecule is O=C([O-])COCC(=O)N1C[C@@H]2C[C@H](C1)c1ccc(NC(=O)Cc3ccccc3)c(=O)n1C2. The number of nitrogens with zero attached hydrogens (tertiary/aromatic N) is 2. The predicted octanol–water partition coefficient (Wildman–Crippen LogP) is -0.258. The summed E-state index contributed by atoms with van der Waals surface area (Å²) in [6, 6.07) is 12.8. The normalized spacial score (nSPS) is 19.2. The minimum Gasteiger partial charge on any atom is -0.548 e. The van der Waals surface area contributed by atoms with E-state index in [1.54, 1.807) is 15.5 Å². The van der Waals surface area contributed by atoms with Gasteiger partial charge in [0.15, 0.2) is 0 Å². The average Bonchev–Trinajstić information content (AvgIpc) is 2.76. The molecule has 9 nitrogen and oxygen atoms in total. The lowest BCUT2D eigenvalue weighted by Gasteiger charge is -2.42. The number of benzene rings is 1. The van der Waals surface area contributed by atoms with Crippen LogP contribution in [0, 0.1) is 5.92 Å². The van der Waals surface area contributed by atoms with E-state index >= 15 is 0 Å². The topological polar surface area (TPSA) is 121 Å². The molecule has 168 valence electrons. The molecule has 32 heavy (non-hydrogen) atoms. The summed E-state index contributed by atoms with van der Waals surface area (Å²) in [5.74, 6) is -1.80. The predicted molar refractivity (Wildman–Crippen MR) is 113 cm³/mol. The fraction of sp³-hybridized carbons (Fsp3) is 0.391. The molecule has 1 saturated heterocycles. The molecule has 0 unspecified atom stereocenters. The summed E-state index contributed by atoms with van der Waals surface area (Å²) in [5.41, 5.74) is 1.71. The number of rotatable bonds is 7. The van der Waals surface area contributed by atoms with Crippen molar-refractivity contribution in [3.05, 3.63) is 64.1 Å². The molecule has 4 rings (SSSR count). The highest BCUT2D eigenvalue weighted by atomic mass is 16.5. The number of anilines is 1. The Hall–Kier alpha value is -3.46. The van der Waals surface area contributed by atoms with E-state index in [-0.39, 0.29) is 47.9 Å². The second kappa shape index (κ2) is 9.35. The zero-order valence-corrected chi connectivity index (χ0v) is 17.5. The van der Waals surface area contributed by atoms with Crippen molar-refractivity contribution in [2.24, 2.45) is 5.92 Å². The highest BCUT2D eigenvalue weighted by Crippen LogP contribution is 2.35. The Morgan fingerprint density at radius 2 is 1.81 bits per heavy atom. The molecule has 2 aromatic rings. The van der Waals surface area contributed by atoms with Gasteiger partial charge in [-0.05, 0) is 30.0 Å². The van der Waals surface area contributed by atoms with E-state index in [0.717, 1.165) is 17.7 Å². The molecule has 3 heterocycles. The van der Waals surface area contributed by atoms with E-state index in [2.05, 4.69) is 5.32 Å². The summed E-state index contributed by atoms with van der Waals surface area (Å²) >= 11 is 0. The summed E-state index contributed by atoms with van der Waals surface area (Å²) in [4.78, 5) is 49.9. The third kappa shape index (κ3) is 4.88. The van der Waals surface area contributed by atoms with Gasteiger partial charge in [0, 0.05) is 31.2 Å². The van der Waals surface area contributed by atoms with Crippen LogP contribution >= 0.6 is 0 Å². The largest absolute Gasteiger partial charge is 0.548 e. The number of ether oxygens (including phenoxy) is 1. The fourth-order valence-corrected chi connectivity index (χ4v) is 4.53. The molecule has 1 N–H and O–H groups in total. The molecule has 2 bridgehead atoms. The van der Waals surface area contributed by atoms with Crippen LogP contribution in [0.3, 0.4) is 0 Å². The summed E-state index contributed by atoms with van der Waals surface area (Å²) in [5, 5.41) is 13.2. The molecule has 1 aromatic heterocycles. The van der Waals surface area contributed by atoms with Gasteiger partial charge in [-0.3, -0.25) is 14.4 Å². The molecule has 0 saturated carbocycles. The molecule has 2 amide bonds. The Kier molecular flexibility index (Phi) is 6.36. The van der Waals surface area contributed by atoms with Crippen LogP contribution in [0.15, 0.2) is 47.3 Å². The number of carbonyl (C=O) groups is 3. The molecule has 0 radical (unpaired) electrons. The van der Waals surface area contributed by atoms with E-state index < -0.39 is 12.6 Å². The van der Waals surface area contributed by atoms with Gasteiger partial charge in [-0.15, -0.1) is 0 Å². The van der Waals surface area contributed by atoms with Crippen molar-refractivity contribution < 1.29 is 24.2 Å². The number of hydrogen-bond donors (Lipinski definition) is 1. The number of piperidine rings is 1. The first-order chi connectivity index (χ1) is 15.4. The molecule has 2 aliphatic rings. The number of fused-ring (bicyclic) bond motifs is 4. The standard InChI is InChI=1S/C23H25N3O6/c27-20(9-15-4-2-1-3-5-15)24-18-6-7-19-17-8-16(11-26(19)23(18)31)10-25(12-17)21(28)13-32-14-22(29)30/h1-7,16-17H,8-14H2,(H,24,27)(H,29,30)/p-1/t16-,17+/m0/s1. The van der Waals surface area contributed by atoms with Crippen LogP contribution in [-0.4, -0.2) is 53.6 Å². The van der Waals surface area contributed by atoms with Crippen molar-refractivity contribution in [1.29, 1.82) is 0 Å². The number of likely N-dealkylation sites (tertiary alicyclic amines) is 1. The van der Waals surface area contributed by atoms with E-state index in [1.807, 2.05) is 36.4 Å². The van der Waals surface area contributed by atoms with Crippen LogP contribution in [0.5, 0.6) is 0 Å². The second-order valence-corrected chi connectivity index (χ2v) is 8.26. The fourth-order valence-electron chi connectivity index (χ4n) is 4.53. The van der Waals surface area contributed by atoms with Crippen molar-refractivity contribution in [1.82, 2.24) is 9.47 Å². The third-order valence-corrected chi connectivity index (χ3v) is 5.88. The van der Waals surface area contributed by atoms with Gasteiger partial charge in [-0.25, -0.2) is 0 Å². The van der Waals surface area contributed by atoms with Gasteiger partial charge in [-0.2, -0.15) is 0 Å². The quantitative estimate of drug-likeness (QED) is 0.636. The number of carbonyl (C=O) groups excluding carboxylic acids is 3. The monoisotopic (exact) mass is 438 g/mol. The van der Waals surface area contributed by atoms with Crippen molar-refractivity contribution in [2.45, 2.75) is 25.3 Å². The van der Waals surface area contributed by atoms with Crippen LogP contribution in [0.25, 0.3) is 0 Å². The van der Waals surface area contributed by atoms with Crippen molar-refractivity contribution >= 4 is 23.5 Å². The van der Waals surface area contributed by atoms with Crippen LogP contribution in [0.2, 0.25) is 0 Å². The van der Waals surface area contributed by atoms with Crippen LogP contribution in [0.4, 0.5) is 5.69 Å². The number of aromatic nitrogens is 1. The van der Waals surface area contributed by atoms with Crippen molar-refractivity contribution in [3.8, 4) is 0 Å². The van der Waals surface area contributed by atoms with Crippen molar-refractivity contribution in [3.63, 3.8) is 0 Å². The molecular formula is C23H24N3O6-. The van der Waals surface area contributed by atoms with Crippen molar-refractivity contribution in [2.75, 3.05) is 31.6 Å². The van der Waals surface area contributed by atoms with E-state index in [9.17, 15) is 24.3 Å². The van der Waals surface area contributed by atoms with E-state index in [4.69, 9.17) is 4.74 Å².